The molecular formula is C13H22N3O5PS. The van der Waals surface area contributed by atoms with Gasteiger partial charge in [-0.15, -0.1) is 0 Å². The van der Waals surface area contributed by atoms with Crippen molar-refractivity contribution in [2.45, 2.75) is 17.7 Å². The third-order valence-corrected chi connectivity index (χ3v) is 7.90. The summed E-state index contributed by atoms with van der Waals surface area (Å²) in [5.74, 6) is 0.347. The third kappa shape index (κ3) is 4.84. The molecule has 0 amide bonds. The van der Waals surface area contributed by atoms with Gasteiger partial charge >= 0.3 is 135 Å². The van der Waals surface area contributed by atoms with Gasteiger partial charge in [-0.25, -0.2) is 0 Å². The number of sulfonamides is 1. The van der Waals surface area contributed by atoms with Crippen LogP contribution in [0.5, 0.6) is 0 Å². The molecule has 8 nitrogen and oxygen atoms in total. The van der Waals surface area contributed by atoms with Crippen molar-refractivity contribution in [3.05, 3.63) is 28.3 Å². The minimum absolute atomic E-state index is 0.275. The summed E-state index contributed by atoms with van der Waals surface area (Å²) in [7, 11) is -5.99. The van der Waals surface area contributed by atoms with E-state index in [2.05, 4.69) is 5.32 Å². The first-order valence-corrected chi connectivity index (χ1v) is 11.8. The Kier molecular flexibility index (Phi) is 5.25. The van der Waals surface area contributed by atoms with E-state index in [4.69, 9.17) is 5.14 Å². The maximum absolute atomic E-state index is 11.3. The Labute approximate surface area is 135 Å². The van der Waals surface area contributed by atoms with Gasteiger partial charge in [0.2, 0.25) is 0 Å². The topological polar surface area (TPSA) is 136 Å². The van der Waals surface area contributed by atoms with Crippen LogP contribution in [0.2, 0.25) is 0 Å². The Balaban J connectivity index is 2.09. The van der Waals surface area contributed by atoms with Crippen molar-refractivity contribution in [2.75, 3.05) is 30.9 Å². The van der Waals surface area contributed by atoms with Gasteiger partial charge in [-0.2, -0.15) is 0 Å². The number of rotatable bonds is 5. The molecule has 2 rings (SSSR count). The predicted octanol–water partition coefficient (Wildman–Crippen LogP) is 1.35. The van der Waals surface area contributed by atoms with Crippen molar-refractivity contribution < 1.29 is 18.2 Å². The Morgan fingerprint density at radius 1 is 1.43 bits per heavy atom. The van der Waals surface area contributed by atoms with Crippen LogP contribution in [0, 0.1) is 16.0 Å². The molecule has 10 heteroatoms. The fraction of sp³-hybridized carbons (Fsp3) is 0.538. The van der Waals surface area contributed by atoms with Crippen molar-refractivity contribution in [3.63, 3.8) is 0 Å². The standard InChI is InChI=1S/C13H22N3O5PS/c1-22(19)6-4-10(5-7-22)9-15-12-3-2-11(23(14,20)21)8-13(12)16(17)18/h2-3,8,10,15,19,22H,4-7,9H2,1H3,(H2,14,20,21). The van der Waals surface area contributed by atoms with E-state index < -0.39 is 22.4 Å². The molecule has 1 saturated heterocycles. The third-order valence-electron chi connectivity index (χ3n) is 4.26. The zero-order valence-electron chi connectivity index (χ0n) is 12.9. The van der Waals surface area contributed by atoms with E-state index in [1.807, 2.05) is 6.66 Å². The fourth-order valence-electron chi connectivity index (χ4n) is 2.75. The molecule has 0 aliphatic carbocycles. The van der Waals surface area contributed by atoms with E-state index in [1.165, 1.54) is 12.1 Å². The van der Waals surface area contributed by atoms with Crippen LogP contribution < -0.4 is 10.5 Å². The van der Waals surface area contributed by atoms with Crippen molar-refractivity contribution in [2.24, 2.45) is 11.1 Å². The molecule has 23 heavy (non-hydrogen) atoms. The van der Waals surface area contributed by atoms with Crippen molar-refractivity contribution in [1.29, 1.82) is 0 Å². The van der Waals surface area contributed by atoms with Crippen molar-refractivity contribution in [3.8, 4) is 0 Å². The van der Waals surface area contributed by atoms with E-state index in [1.54, 1.807) is 0 Å². The number of nitro groups is 1. The van der Waals surface area contributed by atoms with Gasteiger partial charge in [0.25, 0.3) is 0 Å². The van der Waals surface area contributed by atoms with Crippen LogP contribution in [-0.4, -0.2) is 43.8 Å². The van der Waals surface area contributed by atoms with Gasteiger partial charge in [-0.05, 0) is 0 Å². The summed E-state index contributed by atoms with van der Waals surface area (Å²) in [4.78, 5) is 20.3. The average molecular weight is 363 g/mol. The SMILES string of the molecule is C[PH]1(O)CCC(CNc2ccc(S(N)(=O)=O)cc2[N+](=O)[O-])CC1. The van der Waals surface area contributed by atoms with Gasteiger partial charge in [0, 0.05) is 0 Å². The van der Waals surface area contributed by atoms with Crippen molar-refractivity contribution >= 4 is 28.9 Å². The van der Waals surface area contributed by atoms with Crippen LogP contribution in [0.3, 0.4) is 0 Å². The number of nitro benzene ring substituents is 1. The molecule has 0 atom stereocenters. The molecule has 130 valence electrons. The molecule has 1 fully saturated rings. The molecule has 0 unspecified atom stereocenters. The number of nitrogens with two attached hydrogens (primary N) is 1. The summed E-state index contributed by atoms with van der Waals surface area (Å²) in [5, 5.41) is 19.2. The second-order valence-corrected chi connectivity index (χ2v) is 11.9. The van der Waals surface area contributed by atoms with Crippen LogP contribution in [0.4, 0.5) is 11.4 Å². The van der Waals surface area contributed by atoms with Gasteiger partial charge in [-0.1, -0.05) is 0 Å². The zero-order chi connectivity index (χ0) is 17.3. The first-order valence-electron chi connectivity index (χ1n) is 7.36. The summed E-state index contributed by atoms with van der Waals surface area (Å²) in [5.41, 5.74) is -0.0364. The first kappa shape index (κ1) is 18.1. The molecule has 0 spiro atoms. The number of nitrogens with zero attached hydrogens (tertiary/aromatic N) is 1. The number of hydrogen-bond donors (Lipinski definition) is 3. The van der Waals surface area contributed by atoms with Gasteiger partial charge in [0.1, 0.15) is 0 Å². The maximum atomic E-state index is 11.3. The summed E-state index contributed by atoms with van der Waals surface area (Å²) < 4.78 is 22.6. The Hall–Kier alpha value is -1.28. The molecular weight excluding hydrogens is 341 g/mol. The van der Waals surface area contributed by atoms with Crippen LogP contribution in [-0.2, 0) is 10.0 Å². The number of anilines is 1. The number of hydrogen-bond acceptors (Lipinski definition) is 6. The van der Waals surface area contributed by atoms with Gasteiger partial charge in [0.05, 0.1) is 0 Å². The Morgan fingerprint density at radius 3 is 2.57 bits per heavy atom. The minimum atomic E-state index is -3.98. The normalized spacial score (nSPS) is 22.3. The van der Waals surface area contributed by atoms with E-state index >= 15 is 0 Å². The first-order chi connectivity index (χ1) is 10.6. The van der Waals surface area contributed by atoms with Crippen LogP contribution >= 0.6 is 7.49 Å². The molecule has 0 bridgehead atoms. The summed E-state index contributed by atoms with van der Waals surface area (Å²) in [6.07, 6.45) is 3.47. The van der Waals surface area contributed by atoms with Crippen molar-refractivity contribution in [1.82, 2.24) is 0 Å². The van der Waals surface area contributed by atoms with E-state index in [9.17, 15) is 23.4 Å². The molecule has 1 heterocycles. The summed E-state index contributed by atoms with van der Waals surface area (Å²) in [6.45, 7) is 2.51. The van der Waals surface area contributed by atoms with Gasteiger partial charge in [-0.3, -0.25) is 0 Å². The molecule has 1 aliphatic heterocycles. The molecule has 1 aromatic carbocycles. The van der Waals surface area contributed by atoms with E-state index in [0.29, 0.717) is 12.5 Å². The zero-order valence-corrected chi connectivity index (χ0v) is 14.7. The average Bonchev–Trinajstić information content (AvgIpc) is 2.45. The van der Waals surface area contributed by atoms with Gasteiger partial charge in [0.15, 0.2) is 0 Å². The van der Waals surface area contributed by atoms with Crippen LogP contribution in [0.1, 0.15) is 12.8 Å². The molecule has 4 N–H and O–H groups in total. The number of primary sulfonamides is 1. The second kappa shape index (κ2) is 6.68. The van der Waals surface area contributed by atoms with E-state index in [0.717, 1.165) is 31.2 Å². The Bertz CT molecular complexity index is 698. The quantitative estimate of drug-likeness (QED) is 0.410. The predicted molar refractivity (Wildman–Crippen MR) is 91.9 cm³/mol. The second-order valence-electron chi connectivity index (χ2n) is 6.30. The van der Waals surface area contributed by atoms with Gasteiger partial charge < -0.3 is 0 Å². The monoisotopic (exact) mass is 363 g/mol. The number of benzene rings is 1. The van der Waals surface area contributed by atoms with Crippen LogP contribution in [0.25, 0.3) is 0 Å². The fourth-order valence-corrected chi connectivity index (χ4v) is 5.59. The molecule has 0 radical (unpaired) electrons. The molecule has 1 aromatic rings. The summed E-state index contributed by atoms with van der Waals surface area (Å²) >= 11 is 0. The van der Waals surface area contributed by atoms with E-state index in [-0.39, 0.29) is 16.3 Å². The number of nitrogens with one attached hydrogen (secondary N) is 1. The Morgan fingerprint density at radius 2 is 2.04 bits per heavy atom. The molecule has 0 aromatic heterocycles. The van der Waals surface area contributed by atoms with Crippen LogP contribution in [0.15, 0.2) is 23.1 Å². The molecule has 1 aliphatic rings. The summed E-state index contributed by atoms with van der Waals surface area (Å²) in [6, 6.07) is 3.59. The molecule has 0 saturated carbocycles.